The number of ether oxygens (including phenoxy) is 7. The highest BCUT2D eigenvalue weighted by Gasteiger charge is 2.37. The van der Waals surface area contributed by atoms with Crippen LogP contribution in [0.3, 0.4) is 0 Å². The van der Waals surface area contributed by atoms with E-state index >= 15 is 0 Å². The first-order chi connectivity index (χ1) is 39.6. The van der Waals surface area contributed by atoms with E-state index in [1.807, 2.05) is 48.5 Å². The van der Waals surface area contributed by atoms with Gasteiger partial charge >= 0.3 is 0 Å². The van der Waals surface area contributed by atoms with Gasteiger partial charge in [-0.3, -0.25) is 8.37 Å². The predicted octanol–water partition coefficient (Wildman–Crippen LogP) is 6.57. The Hall–Kier alpha value is 0.605. The van der Waals surface area contributed by atoms with E-state index in [1.54, 1.807) is 24.3 Å². The first-order valence-corrected chi connectivity index (χ1v) is 36.7. The Labute approximate surface area is 530 Å². The Kier molecular flexibility index (Phi) is 48.1. The molecular weight excluding hydrogens is 1250 g/mol. The van der Waals surface area contributed by atoms with E-state index < -0.39 is 55.0 Å². The second-order valence-electron chi connectivity index (χ2n) is 19.7. The maximum absolute atomic E-state index is 12.1. The number of hydrogen-bond donors (Lipinski definition) is 3. The molecule has 2 aromatic rings. The molecule has 2 aromatic carbocycles. The largest absolute Gasteiger partial charge is 0.395 e. The number of rotatable bonds is 34. The van der Waals surface area contributed by atoms with E-state index in [2.05, 4.69) is 50.6 Å². The lowest BCUT2D eigenvalue weighted by Gasteiger charge is -2.39. The van der Waals surface area contributed by atoms with Crippen LogP contribution in [0.2, 0.25) is 0 Å². The lowest BCUT2D eigenvalue weighted by atomic mass is 9.94. The van der Waals surface area contributed by atoms with Gasteiger partial charge in [0.05, 0.1) is 107 Å². The summed E-state index contributed by atoms with van der Waals surface area (Å²) in [5.74, 6) is 0. The van der Waals surface area contributed by atoms with Crippen LogP contribution in [0.1, 0.15) is 112 Å². The molecule has 33 heteroatoms. The summed E-state index contributed by atoms with van der Waals surface area (Å²) in [7, 11) is 30.8. The maximum atomic E-state index is 12.1. The van der Waals surface area contributed by atoms with Gasteiger partial charge in [-0.2, -0.15) is 16.8 Å². The van der Waals surface area contributed by atoms with Crippen molar-refractivity contribution in [3.05, 3.63) is 59.7 Å². The Bertz CT molecular complexity index is 2180. The summed E-state index contributed by atoms with van der Waals surface area (Å²) in [5.41, 5.74) is -0.879. The van der Waals surface area contributed by atoms with Crippen LogP contribution in [0.15, 0.2) is 58.3 Å². The summed E-state index contributed by atoms with van der Waals surface area (Å²) in [5, 5.41) is 27.2. The van der Waals surface area contributed by atoms with Gasteiger partial charge in [0.1, 0.15) is 56.0 Å². The van der Waals surface area contributed by atoms with Crippen molar-refractivity contribution in [3.8, 4) is 0 Å². The molecule has 0 amide bonds. The second kappa shape index (κ2) is 46.6. The average molecular weight is 1350 g/mol. The first kappa shape index (κ1) is 87.7. The highest BCUT2D eigenvalue weighted by atomic mass is 32.2. The number of aliphatic hydroxyl groups excluding tert-OH is 3. The number of aryl methyl sites for hydroxylation is 2. The SMILES string of the molecule is C.[B][C@@H](CO)O[C@@](CC)(CO)COP.[B][C@@H](COS(=O)(=O)c1ccc(C)cc1)OC(CC)(CC)CO.[B][C@@H](COS(=O)(=O)c1ccc(C)cc1)OC(CC)(CC)COP.[B][C@H]1COC[C@@](CC)(COPP)O1.[B][C@H]1COC[C@@](CC)(COPP)O1. The van der Waals surface area contributed by atoms with Crippen molar-refractivity contribution in [3.63, 3.8) is 0 Å². The molecule has 3 N–H and O–H groups in total. The number of hydrogen-bond acceptors (Lipinski definition) is 20. The molecule has 0 aromatic heterocycles. The summed E-state index contributed by atoms with van der Waals surface area (Å²) in [6.45, 7) is 19.9. The van der Waals surface area contributed by atoms with E-state index in [4.69, 9.17) is 109 Å². The Morgan fingerprint density at radius 1 is 0.588 bits per heavy atom. The molecule has 2 heterocycles. The van der Waals surface area contributed by atoms with Crippen LogP contribution in [-0.2, 0) is 79.9 Å². The molecule has 2 saturated heterocycles. The average Bonchev–Trinajstić information content (AvgIpc) is 3.68. The van der Waals surface area contributed by atoms with E-state index in [-0.39, 0.29) is 80.1 Å². The summed E-state index contributed by atoms with van der Waals surface area (Å²) in [6, 6.07) is 9.55. The van der Waals surface area contributed by atoms with E-state index in [1.165, 1.54) is 24.3 Å². The van der Waals surface area contributed by atoms with Crippen molar-refractivity contribution in [2.24, 2.45) is 0 Å². The van der Waals surface area contributed by atoms with Crippen LogP contribution in [0, 0.1) is 13.8 Å². The normalized spacial score (nSPS) is 21.1. The van der Waals surface area contributed by atoms with Crippen molar-refractivity contribution < 1.29 is 91.8 Å². The molecule has 2 aliphatic rings. The number of benzene rings is 2. The van der Waals surface area contributed by atoms with E-state index in [0.29, 0.717) is 95.3 Å². The topological polar surface area (TPSA) is 249 Å². The van der Waals surface area contributed by atoms with Gasteiger partial charge < -0.3 is 66.6 Å². The Morgan fingerprint density at radius 2 is 0.918 bits per heavy atom. The smallest absolute Gasteiger partial charge is 0.297 e. The minimum absolute atomic E-state index is 0. The fourth-order valence-corrected chi connectivity index (χ4v) is 11.2. The standard InChI is InChI=1S/C15H24BO5PS.C15H23BO5S.C7H16BO4P.2C7H15BO3P2.CH4/c1-4-15(5-2,11-19-22)21-14(16)10-20-23(17,18)13-8-6-12(3)7-9-13;1-4-15(5-2,11-17)21-14(16)10-20-22(18,19)13-8-6-12(3)7-9-13;1-2-7(4-10,5-11-13)12-6(8)3-9;2*1-2-7(5-10-13-12)4-9-3-6(8)11-7;/h6-9,14H,4-5,10-11,22H2,1-3H3;6-9,14,17H,4-5,10-11H2,1-3H3;6,9-10H,2-5,13H2,1H3;2*6,13H,2-5,12H2,1H3;1H4/t2*14-;3*6-,7+;/m11111./s1. The van der Waals surface area contributed by atoms with Gasteiger partial charge in [0.15, 0.2) is 0 Å². The zero-order valence-corrected chi connectivity index (χ0v) is 58.7. The quantitative estimate of drug-likeness (QED) is 0.0381. The van der Waals surface area contributed by atoms with Crippen molar-refractivity contribution in [2.45, 2.75) is 182 Å². The summed E-state index contributed by atoms with van der Waals surface area (Å²) < 4.78 is 117. The summed E-state index contributed by atoms with van der Waals surface area (Å²) >= 11 is 0. The van der Waals surface area contributed by atoms with Crippen LogP contribution in [-0.4, -0.2) is 215 Å². The third-order valence-corrected chi connectivity index (χ3v) is 18.0. The maximum Gasteiger partial charge on any atom is 0.297 e. The predicted molar refractivity (Wildman–Crippen MR) is 356 cm³/mol. The third-order valence-electron chi connectivity index (χ3n) is 13.5. The highest BCUT2D eigenvalue weighted by Crippen LogP contribution is 2.31. The van der Waals surface area contributed by atoms with Gasteiger partial charge in [0.25, 0.3) is 20.2 Å². The fourth-order valence-electron chi connectivity index (χ4n) is 7.55. The lowest BCUT2D eigenvalue weighted by molar-refractivity contribution is -0.185. The van der Waals surface area contributed by atoms with E-state index in [9.17, 15) is 21.9 Å². The van der Waals surface area contributed by atoms with Crippen LogP contribution in [0.5, 0.6) is 0 Å². The molecule has 85 heavy (non-hydrogen) atoms. The van der Waals surface area contributed by atoms with E-state index in [0.717, 1.165) is 24.0 Å². The third kappa shape index (κ3) is 33.8. The zero-order valence-electron chi connectivity index (χ0n) is 50.4. The van der Waals surface area contributed by atoms with Crippen molar-refractivity contribution in [1.29, 1.82) is 0 Å². The molecule has 20 nitrogen and oxygen atoms in total. The molecule has 0 saturated carbocycles. The molecule has 6 unspecified atom stereocenters. The minimum atomic E-state index is -3.87. The van der Waals surface area contributed by atoms with Crippen molar-refractivity contribution in [1.82, 2.24) is 0 Å². The molecular formula is C52H97B5O20P6S2. The van der Waals surface area contributed by atoms with Gasteiger partial charge in [-0.25, -0.2) is 0 Å². The lowest BCUT2D eigenvalue weighted by Crippen LogP contribution is -2.50. The van der Waals surface area contributed by atoms with Gasteiger partial charge in [0, 0.05) is 65.9 Å². The Morgan fingerprint density at radius 3 is 1.20 bits per heavy atom. The fraction of sp³-hybridized carbons (Fsp3) is 0.769. The summed E-state index contributed by atoms with van der Waals surface area (Å²) in [4.78, 5) is 0.172. The zero-order chi connectivity index (χ0) is 64.1. The van der Waals surface area contributed by atoms with Crippen LogP contribution in [0.4, 0.5) is 0 Å². The van der Waals surface area contributed by atoms with Crippen LogP contribution in [0.25, 0.3) is 0 Å². The number of aliphatic hydroxyl groups is 3. The van der Waals surface area contributed by atoms with Crippen LogP contribution >= 0.6 is 53.8 Å². The highest BCUT2D eigenvalue weighted by molar-refractivity contribution is 8.00. The molecule has 0 bridgehead atoms. The molecule has 4 rings (SSSR count). The molecule has 14 atom stereocenters. The monoisotopic (exact) mass is 1350 g/mol. The molecule has 482 valence electrons. The minimum Gasteiger partial charge on any atom is -0.395 e. The molecule has 2 fully saturated rings. The first-order valence-electron chi connectivity index (χ1n) is 27.5. The van der Waals surface area contributed by atoms with Gasteiger partial charge in [-0.15, -0.1) is 0 Å². The van der Waals surface area contributed by atoms with Crippen molar-refractivity contribution >= 4 is 113 Å². The van der Waals surface area contributed by atoms with Gasteiger partial charge in [-0.1, -0.05) is 109 Å². The molecule has 0 spiro atoms. The summed E-state index contributed by atoms with van der Waals surface area (Å²) in [6.07, 6.45) is 4.79. The molecule has 0 aliphatic carbocycles. The molecule has 2 aliphatic heterocycles. The van der Waals surface area contributed by atoms with Gasteiger partial charge in [-0.05, 0) is 83.1 Å². The van der Waals surface area contributed by atoms with Crippen molar-refractivity contribution in [2.75, 3.05) is 85.9 Å². The Balaban J connectivity index is 0. The van der Waals surface area contributed by atoms with Gasteiger partial charge in [0.2, 0.25) is 0 Å². The second-order valence-corrected chi connectivity index (χ2v) is 26.1. The van der Waals surface area contributed by atoms with Crippen LogP contribution < -0.4 is 0 Å². The molecule has 10 radical (unpaired) electrons.